The van der Waals surface area contributed by atoms with Crippen LogP contribution < -0.4 is 5.56 Å². The van der Waals surface area contributed by atoms with Gasteiger partial charge in [-0.15, -0.1) is 6.42 Å². The number of aromatic nitrogens is 3. The van der Waals surface area contributed by atoms with Gasteiger partial charge >= 0.3 is 0 Å². The first-order chi connectivity index (χ1) is 11.4. The second-order valence-corrected chi connectivity index (χ2v) is 4.60. The van der Waals surface area contributed by atoms with E-state index in [4.69, 9.17) is 6.42 Å². The molecule has 0 amide bonds. The molecule has 3 rings (SSSR count). The van der Waals surface area contributed by atoms with Crippen molar-refractivity contribution in [3.8, 4) is 18.0 Å². The van der Waals surface area contributed by atoms with Gasteiger partial charge in [-0.1, -0.05) is 5.92 Å². The molecule has 0 bridgehead atoms. The molecule has 4 nitrogen and oxygen atoms in total. The van der Waals surface area contributed by atoms with Crippen LogP contribution in [0.15, 0.2) is 35.4 Å². The van der Waals surface area contributed by atoms with E-state index in [9.17, 15) is 22.4 Å². The summed E-state index contributed by atoms with van der Waals surface area (Å²) in [7, 11) is 0. The minimum absolute atomic E-state index is 0.00763. The molecule has 0 saturated carbocycles. The smallest absolute Gasteiger partial charge is 0.262 e. The molecule has 124 valence electrons. The van der Waals surface area contributed by atoms with Gasteiger partial charge in [0.05, 0.1) is 11.8 Å². The van der Waals surface area contributed by atoms with Crippen molar-refractivity contribution < 1.29 is 17.6 Å². The van der Waals surface area contributed by atoms with Crippen LogP contribution in [0.5, 0.6) is 0 Å². The van der Waals surface area contributed by atoms with E-state index in [1.54, 1.807) is 6.92 Å². The fourth-order valence-corrected chi connectivity index (χ4v) is 2.18. The molecule has 1 aromatic carbocycles. The first-order valence-corrected chi connectivity index (χ1v) is 6.58. The maximum absolute atomic E-state index is 14.2. The second-order valence-electron chi connectivity index (χ2n) is 4.60. The predicted octanol–water partition coefficient (Wildman–Crippen LogP) is 2.94. The predicted molar refractivity (Wildman–Crippen MR) is 80.5 cm³/mol. The highest BCUT2D eigenvalue weighted by molar-refractivity contribution is 5.51. The van der Waals surface area contributed by atoms with Gasteiger partial charge in [-0.05, 0) is 24.6 Å². The van der Waals surface area contributed by atoms with Crippen LogP contribution in [0, 0.1) is 31.0 Å². The molecule has 0 radical (unpaired) electrons. The highest BCUT2D eigenvalue weighted by atomic mass is 19.3. The number of halogens is 4. The highest BCUT2D eigenvalue weighted by Gasteiger charge is 2.15. The number of terminal acetylenes is 1. The quantitative estimate of drug-likeness (QED) is 0.389. The van der Waals surface area contributed by atoms with Gasteiger partial charge in [0.1, 0.15) is 5.82 Å². The minimum Gasteiger partial charge on any atom is -0.269 e. The van der Waals surface area contributed by atoms with Crippen LogP contribution in [0.2, 0.25) is 0 Å². The summed E-state index contributed by atoms with van der Waals surface area (Å²) in [6.07, 6.45) is 7.96. The Morgan fingerprint density at radius 3 is 2.54 bits per heavy atom. The first-order valence-electron chi connectivity index (χ1n) is 6.58. The third kappa shape index (κ3) is 3.01. The Morgan fingerprint density at radius 2 is 1.92 bits per heavy atom. The van der Waals surface area contributed by atoms with Gasteiger partial charge < -0.3 is 0 Å². The molecule has 0 fully saturated rings. The Morgan fingerprint density at radius 1 is 1.25 bits per heavy atom. The number of aryl methyl sites for hydroxylation is 1. The second kappa shape index (κ2) is 7.00. The normalized spacial score (nSPS) is 10.2. The largest absolute Gasteiger partial charge is 0.269 e. The van der Waals surface area contributed by atoms with E-state index in [0.717, 1.165) is 15.0 Å². The van der Waals surface area contributed by atoms with Crippen molar-refractivity contribution in [3.63, 3.8) is 0 Å². The molecule has 0 spiro atoms. The van der Waals surface area contributed by atoms with Crippen LogP contribution in [0.25, 0.3) is 11.5 Å². The van der Waals surface area contributed by atoms with Crippen molar-refractivity contribution in [1.82, 2.24) is 14.0 Å². The fourth-order valence-electron chi connectivity index (χ4n) is 2.18. The fraction of sp³-hybridized carbons (Fsp3) is 0.125. The van der Waals surface area contributed by atoms with Crippen molar-refractivity contribution in [1.29, 1.82) is 0 Å². The molecule has 0 unspecified atom stereocenters. The molecule has 2 aromatic heterocycles. The topological polar surface area (TPSA) is 39.3 Å². The lowest BCUT2D eigenvalue weighted by atomic mass is 10.1. The molecule has 8 heteroatoms. The number of fused-ring (bicyclic) bond motifs is 1. The van der Waals surface area contributed by atoms with E-state index in [1.165, 1.54) is 24.5 Å². The SMILES string of the molecule is C#Cc1cc(F)c(-n2c(=O)cc(F)n3ccnc23)cc1C.FCF. The van der Waals surface area contributed by atoms with Crippen LogP contribution in [0.1, 0.15) is 11.1 Å². The maximum atomic E-state index is 14.2. The summed E-state index contributed by atoms with van der Waals surface area (Å²) in [5, 5.41) is 0. The van der Waals surface area contributed by atoms with Crippen molar-refractivity contribution >= 4 is 5.78 Å². The van der Waals surface area contributed by atoms with E-state index < -0.39 is 24.3 Å². The number of imidazole rings is 1. The number of alkyl halides is 2. The Hall–Kier alpha value is -3.08. The molecule has 24 heavy (non-hydrogen) atoms. The van der Waals surface area contributed by atoms with Crippen LogP contribution in [0.3, 0.4) is 0 Å². The van der Waals surface area contributed by atoms with Crippen molar-refractivity contribution in [2.24, 2.45) is 0 Å². The lowest BCUT2D eigenvalue weighted by molar-refractivity contribution is 0.295. The summed E-state index contributed by atoms with van der Waals surface area (Å²) in [4.78, 5) is 15.9. The summed E-state index contributed by atoms with van der Waals surface area (Å²) in [6, 6.07) is 3.39. The van der Waals surface area contributed by atoms with Gasteiger partial charge in [0, 0.05) is 18.0 Å². The molecule has 0 aliphatic carbocycles. The van der Waals surface area contributed by atoms with Gasteiger partial charge in [0.25, 0.3) is 5.56 Å². The van der Waals surface area contributed by atoms with Crippen LogP contribution in [-0.4, -0.2) is 20.9 Å². The summed E-state index contributed by atoms with van der Waals surface area (Å²) < 4.78 is 49.2. The number of benzene rings is 1. The van der Waals surface area contributed by atoms with Crippen molar-refractivity contribution in [3.05, 3.63) is 63.8 Å². The summed E-state index contributed by atoms with van der Waals surface area (Å²) in [6.45, 7) is -0.0462. The van der Waals surface area contributed by atoms with Crippen LogP contribution >= 0.6 is 0 Å². The molecular weight excluding hydrogens is 326 g/mol. The van der Waals surface area contributed by atoms with E-state index in [2.05, 4.69) is 10.9 Å². The van der Waals surface area contributed by atoms with Gasteiger partial charge in [0.2, 0.25) is 18.7 Å². The zero-order chi connectivity index (χ0) is 17.9. The molecule has 2 heterocycles. The van der Waals surface area contributed by atoms with Crippen LogP contribution in [-0.2, 0) is 0 Å². The number of rotatable bonds is 1. The lowest BCUT2D eigenvalue weighted by Crippen LogP contribution is -2.22. The third-order valence-corrected chi connectivity index (χ3v) is 3.20. The third-order valence-electron chi connectivity index (χ3n) is 3.20. The summed E-state index contributed by atoms with van der Waals surface area (Å²) >= 11 is 0. The minimum atomic E-state index is -1.75. The van der Waals surface area contributed by atoms with E-state index in [1.807, 2.05) is 0 Å². The van der Waals surface area contributed by atoms with Gasteiger partial charge in [-0.25, -0.2) is 22.7 Å². The van der Waals surface area contributed by atoms with Gasteiger partial charge in [0.15, 0.2) is 0 Å². The van der Waals surface area contributed by atoms with Crippen molar-refractivity contribution in [2.75, 3.05) is 6.93 Å². The Labute approximate surface area is 134 Å². The van der Waals surface area contributed by atoms with Gasteiger partial charge in [-0.2, -0.15) is 4.39 Å². The standard InChI is InChI=1S/C15H9F2N3O.CH2F2/c1-3-10-7-11(16)12(6-9(10)2)20-14(21)8-13(17)19-5-4-18-15(19)20;2-1-3/h1,4-8H,2H3;1H2. The maximum Gasteiger partial charge on any atom is 0.262 e. The number of hydrogen-bond donors (Lipinski definition) is 0. The zero-order valence-corrected chi connectivity index (χ0v) is 12.4. The Bertz CT molecular complexity index is 985. The zero-order valence-electron chi connectivity index (χ0n) is 12.4. The molecule has 0 N–H and O–H groups in total. The van der Waals surface area contributed by atoms with E-state index in [0.29, 0.717) is 11.1 Å². The lowest BCUT2D eigenvalue weighted by Gasteiger charge is -2.11. The Balaban J connectivity index is 0.000000647. The molecule has 0 saturated heterocycles. The molecular formula is C16H11F4N3O. The van der Waals surface area contributed by atoms with Crippen LogP contribution in [0.4, 0.5) is 17.6 Å². The Kier molecular flexibility index (Phi) is 5.04. The molecule has 0 aliphatic rings. The summed E-state index contributed by atoms with van der Waals surface area (Å²) in [5.74, 6) is 0.918. The average molecular weight is 337 g/mol. The summed E-state index contributed by atoms with van der Waals surface area (Å²) in [5.41, 5.74) is 0.297. The van der Waals surface area contributed by atoms with Gasteiger partial charge in [-0.3, -0.25) is 9.20 Å². The number of nitrogens with zero attached hydrogens (tertiary/aromatic N) is 3. The monoisotopic (exact) mass is 337 g/mol. The van der Waals surface area contributed by atoms with Crippen molar-refractivity contribution in [2.45, 2.75) is 6.92 Å². The molecule has 0 aliphatic heterocycles. The first kappa shape index (κ1) is 17.3. The number of hydrogen-bond acceptors (Lipinski definition) is 2. The molecule has 3 aromatic rings. The molecule has 0 atom stereocenters. The van der Waals surface area contributed by atoms with E-state index in [-0.39, 0.29) is 11.5 Å². The average Bonchev–Trinajstić information content (AvgIpc) is 3.00. The highest BCUT2D eigenvalue weighted by Crippen LogP contribution is 2.19. The van der Waals surface area contributed by atoms with E-state index >= 15 is 0 Å².